The lowest BCUT2D eigenvalue weighted by Gasteiger charge is -2.20. The minimum Gasteiger partial charge on any atom is -0.480 e. The smallest absolute Gasteiger partial charge is 0.348 e. The van der Waals surface area contributed by atoms with Gasteiger partial charge in [0.05, 0.1) is 10.9 Å². The van der Waals surface area contributed by atoms with Gasteiger partial charge in [0.1, 0.15) is 15.8 Å². The van der Waals surface area contributed by atoms with E-state index < -0.39 is 28.0 Å². The molecule has 116 valence electrons. The van der Waals surface area contributed by atoms with Gasteiger partial charge in [-0.05, 0) is 34.8 Å². The Labute approximate surface area is 133 Å². The van der Waals surface area contributed by atoms with Gasteiger partial charge in [-0.3, -0.25) is 4.79 Å². The van der Waals surface area contributed by atoms with E-state index in [0.29, 0.717) is 6.42 Å². The minimum atomic E-state index is -3.98. The summed E-state index contributed by atoms with van der Waals surface area (Å²) in [5.41, 5.74) is 0. The van der Waals surface area contributed by atoms with Crippen molar-refractivity contribution in [1.82, 2.24) is 4.31 Å². The summed E-state index contributed by atoms with van der Waals surface area (Å²) in [6.07, 6.45) is 0.766. The fourth-order valence-corrected chi connectivity index (χ4v) is 6.22. The molecule has 1 aliphatic heterocycles. The highest BCUT2D eigenvalue weighted by Gasteiger charge is 2.41. The molecule has 2 rings (SSSR count). The lowest BCUT2D eigenvalue weighted by molar-refractivity contribution is -0.140. The van der Waals surface area contributed by atoms with Crippen molar-refractivity contribution in [1.29, 1.82) is 0 Å². The third kappa shape index (κ3) is 2.98. The first-order valence-corrected chi connectivity index (χ1v) is 8.96. The average molecular weight is 398 g/mol. The molecular weight excluding hydrogens is 386 g/mol. The van der Waals surface area contributed by atoms with E-state index in [2.05, 4.69) is 20.7 Å². The van der Waals surface area contributed by atoms with Gasteiger partial charge in [-0.1, -0.05) is 0 Å². The van der Waals surface area contributed by atoms with Gasteiger partial charge in [-0.2, -0.15) is 4.31 Å². The summed E-state index contributed by atoms with van der Waals surface area (Å²) in [4.78, 5) is 22.6. The van der Waals surface area contributed by atoms with E-state index in [1.807, 2.05) is 0 Å². The molecular formula is C11H12BrNO6S2. The molecule has 10 heteroatoms. The molecule has 0 radical (unpaired) electrons. The summed E-state index contributed by atoms with van der Waals surface area (Å²) in [5.74, 6) is -1.81. The van der Waals surface area contributed by atoms with Crippen LogP contribution in [0.25, 0.3) is 0 Å². The summed E-state index contributed by atoms with van der Waals surface area (Å²) in [6.45, 7) is 0.148. The SMILES string of the molecule is COC(=O)c1cc(S(=O)(=O)N2CCCC2C(=O)O)c(Br)s1. The molecule has 21 heavy (non-hydrogen) atoms. The maximum absolute atomic E-state index is 12.6. The molecule has 1 saturated heterocycles. The molecule has 0 aromatic carbocycles. The highest BCUT2D eigenvalue weighted by molar-refractivity contribution is 9.11. The minimum absolute atomic E-state index is 0.110. The van der Waals surface area contributed by atoms with Crippen molar-refractivity contribution in [2.45, 2.75) is 23.8 Å². The van der Waals surface area contributed by atoms with E-state index in [0.717, 1.165) is 15.6 Å². The van der Waals surface area contributed by atoms with Gasteiger partial charge in [0.25, 0.3) is 0 Å². The predicted molar refractivity (Wildman–Crippen MR) is 77.9 cm³/mol. The number of carbonyl (C=O) groups excluding carboxylic acids is 1. The molecule has 0 spiro atoms. The van der Waals surface area contributed by atoms with Gasteiger partial charge >= 0.3 is 11.9 Å². The molecule has 2 heterocycles. The number of halogens is 1. The Hall–Kier alpha value is -0.970. The second-order valence-corrected chi connectivity index (χ2v) is 8.58. The summed E-state index contributed by atoms with van der Waals surface area (Å²) < 4.78 is 30.9. The molecule has 0 aliphatic carbocycles. The number of hydrogen-bond acceptors (Lipinski definition) is 6. The van der Waals surface area contributed by atoms with E-state index in [9.17, 15) is 18.0 Å². The van der Waals surface area contributed by atoms with E-state index in [4.69, 9.17) is 5.11 Å². The zero-order chi connectivity index (χ0) is 15.8. The van der Waals surface area contributed by atoms with Crippen LogP contribution in [0.1, 0.15) is 22.5 Å². The Balaban J connectivity index is 2.42. The number of thiophene rings is 1. The van der Waals surface area contributed by atoms with Crippen molar-refractivity contribution < 1.29 is 27.9 Å². The van der Waals surface area contributed by atoms with Crippen LogP contribution >= 0.6 is 27.3 Å². The number of esters is 1. The van der Waals surface area contributed by atoms with Crippen molar-refractivity contribution >= 4 is 49.2 Å². The number of methoxy groups -OCH3 is 1. The van der Waals surface area contributed by atoms with E-state index in [1.54, 1.807) is 0 Å². The number of ether oxygens (including phenoxy) is 1. The molecule has 0 bridgehead atoms. The standard InChI is InChI=1S/C11H12BrNO6S2/c1-19-11(16)7-5-8(9(12)20-7)21(17,18)13-4-2-3-6(13)10(14)15/h5-6H,2-4H2,1H3,(H,14,15). The topological polar surface area (TPSA) is 101 Å². The summed E-state index contributed by atoms with van der Waals surface area (Å²) in [7, 11) is -2.78. The second-order valence-electron chi connectivity index (χ2n) is 4.35. The van der Waals surface area contributed by atoms with Crippen molar-refractivity contribution in [3.63, 3.8) is 0 Å². The number of carboxylic acid groups (broad SMARTS) is 1. The van der Waals surface area contributed by atoms with Crippen molar-refractivity contribution in [3.05, 3.63) is 14.7 Å². The zero-order valence-corrected chi connectivity index (χ0v) is 14.1. The van der Waals surface area contributed by atoms with Crippen LogP contribution in [0.15, 0.2) is 14.7 Å². The number of nitrogens with zero attached hydrogens (tertiary/aromatic N) is 1. The first-order valence-electron chi connectivity index (χ1n) is 5.91. The van der Waals surface area contributed by atoms with E-state index in [-0.39, 0.29) is 26.5 Å². The van der Waals surface area contributed by atoms with Gasteiger partial charge < -0.3 is 9.84 Å². The quantitative estimate of drug-likeness (QED) is 0.773. The van der Waals surface area contributed by atoms with Gasteiger partial charge in [-0.15, -0.1) is 11.3 Å². The average Bonchev–Trinajstić information content (AvgIpc) is 3.04. The van der Waals surface area contributed by atoms with Gasteiger partial charge in [0.15, 0.2) is 0 Å². The fourth-order valence-electron chi connectivity index (χ4n) is 2.13. The number of carboxylic acids is 1. The predicted octanol–water partition coefficient (Wildman–Crippen LogP) is 1.53. The number of carbonyl (C=O) groups is 2. The third-order valence-electron chi connectivity index (χ3n) is 3.12. The van der Waals surface area contributed by atoms with Crippen molar-refractivity contribution in [2.75, 3.05) is 13.7 Å². The Kier molecular flexibility index (Phi) is 4.71. The van der Waals surface area contributed by atoms with Crippen molar-refractivity contribution in [2.24, 2.45) is 0 Å². The Bertz CT molecular complexity index is 683. The van der Waals surface area contributed by atoms with Gasteiger partial charge in [0, 0.05) is 6.54 Å². The number of sulfonamides is 1. The van der Waals surface area contributed by atoms with Crippen LogP contribution in [0.3, 0.4) is 0 Å². The molecule has 1 aliphatic rings. The lowest BCUT2D eigenvalue weighted by Crippen LogP contribution is -2.40. The zero-order valence-electron chi connectivity index (χ0n) is 10.9. The first-order chi connectivity index (χ1) is 9.78. The van der Waals surface area contributed by atoms with Crippen LogP contribution in [0.2, 0.25) is 0 Å². The van der Waals surface area contributed by atoms with Crippen LogP contribution < -0.4 is 0 Å². The summed E-state index contributed by atoms with van der Waals surface area (Å²) in [6, 6.07) is 0.135. The normalized spacial score (nSPS) is 19.6. The van der Waals surface area contributed by atoms with Gasteiger partial charge in [0.2, 0.25) is 10.0 Å². The Morgan fingerprint density at radius 3 is 2.76 bits per heavy atom. The van der Waals surface area contributed by atoms with Crippen LogP contribution in [0, 0.1) is 0 Å². The van der Waals surface area contributed by atoms with Crippen LogP contribution in [0.4, 0.5) is 0 Å². The summed E-state index contributed by atoms with van der Waals surface area (Å²) >= 11 is 4.04. The van der Waals surface area contributed by atoms with Crippen LogP contribution in [-0.2, 0) is 19.6 Å². The number of rotatable bonds is 4. The van der Waals surface area contributed by atoms with Crippen LogP contribution in [0.5, 0.6) is 0 Å². The fraction of sp³-hybridized carbons (Fsp3) is 0.455. The molecule has 1 aromatic heterocycles. The van der Waals surface area contributed by atoms with Gasteiger partial charge in [-0.25, -0.2) is 13.2 Å². The molecule has 1 aromatic rings. The molecule has 1 unspecified atom stereocenters. The molecule has 0 saturated carbocycles. The Morgan fingerprint density at radius 2 is 2.19 bits per heavy atom. The Morgan fingerprint density at radius 1 is 1.52 bits per heavy atom. The maximum Gasteiger partial charge on any atom is 0.348 e. The maximum atomic E-state index is 12.6. The third-order valence-corrected chi connectivity index (χ3v) is 7.26. The highest BCUT2D eigenvalue weighted by Crippen LogP contribution is 2.36. The van der Waals surface area contributed by atoms with Crippen LogP contribution in [-0.4, -0.2) is 49.5 Å². The molecule has 1 N–H and O–H groups in total. The van der Waals surface area contributed by atoms with Crippen molar-refractivity contribution in [3.8, 4) is 0 Å². The molecule has 1 atom stereocenters. The largest absolute Gasteiger partial charge is 0.480 e. The lowest BCUT2D eigenvalue weighted by atomic mass is 10.2. The monoisotopic (exact) mass is 397 g/mol. The van der Waals surface area contributed by atoms with E-state index >= 15 is 0 Å². The number of aliphatic carboxylic acids is 1. The summed E-state index contributed by atoms with van der Waals surface area (Å²) in [5, 5.41) is 9.11. The first kappa shape index (κ1) is 16.4. The number of hydrogen-bond donors (Lipinski definition) is 1. The molecule has 0 amide bonds. The molecule has 7 nitrogen and oxygen atoms in total. The molecule has 1 fully saturated rings. The van der Waals surface area contributed by atoms with E-state index in [1.165, 1.54) is 13.2 Å². The highest BCUT2D eigenvalue weighted by atomic mass is 79.9. The second kappa shape index (κ2) is 6.03.